The minimum atomic E-state index is 0.104. The zero-order valence-corrected chi connectivity index (χ0v) is 26.6. The summed E-state index contributed by atoms with van der Waals surface area (Å²) in [7, 11) is 1.69. The summed E-state index contributed by atoms with van der Waals surface area (Å²) in [4.78, 5) is 0. The summed E-state index contributed by atoms with van der Waals surface area (Å²) in [5, 5.41) is 4.44. The number of rotatable bonds is 3. The van der Waals surface area contributed by atoms with Crippen molar-refractivity contribution in [3.8, 4) is 0 Å². The molecule has 3 rings (SSSR count). The maximum atomic E-state index is 2.27. The number of halogens is 2. The first-order valence-corrected chi connectivity index (χ1v) is 22.8. The van der Waals surface area contributed by atoms with Gasteiger partial charge in [0.1, 0.15) is 0 Å². The molecule has 0 aliphatic rings. The Hall–Kier alpha value is 0.916. The van der Waals surface area contributed by atoms with Crippen molar-refractivity contribution >= 4 is 80.5 Å². The van der Waals surface area contributed by atoms with Crippen molar-refractivity contribution in [1.29, 1.82) is 0 Å². The summed E-state index contributed by atoms with van der Waals surface area (Å²) in [6.07, 6.45) is 0. The molecule has 0 heterocycles. The Morgan fingerprint density at radius 2 is 0.600 bits per heavy atom. The number of benzene rings is 3. The maximum absolute atomic E-state index is 2.27. The second-order valence-corrected chi connectivity index (χ2v) is 22.4. The van der Waals surface area contributed by atoms with Gasteiger partial charge in [-0.25, -0.2) is 0 Å². The molecular formula is C24H33CoI2P3. The van der Waals surface area contributed by atoms with E-state index >= 15 is 0 Å². The van der Waals surface area contributed by atoms with Crippen molar-refractivity contribution in [2.75, 3.05) is 40.0 Å². The molecule has 0 radical (unpaired) electrons. The summed E-state index contributed by atoms with van der Waals surface area (Å²) in [6, 6.07) is 31.9. The molecule has 0 fully saturated rings. The van der Waals surface area contributed by atoms with Crippen molar-refractivity contribution in [1.82, 2.24) is 0 Å². The van der Waals surface area contributed by atoms with Crippen LogP contribution in [-0.4, -0.2) is 40.0 Å². The topological polar surface area (TPSA) is 0 Å². The van der Waals surface area contributed by atoms with E-state index in [9.17, 15) is 0 Å². The van der Waals surface area contributed by atoms with Crippen LogP contribution in [0, 0.1) is 0 Å². The fraction of sp³-hybridized carbons (Fsp3) is 0.250. The molecule has 0 bridgehead atoms. The Morgan fingerprint density at radius 1 is 0.433 bits per heavy atom. The quantitative estimate of drug-likeness (QED) is 0.190. The van der Waals surface area contributed by atoms with Gasteiger partial charge in [-0.05, 0) is 55.9 Å². The van der Waals surface area contributed by atoms with Crippen molar-refractivity contribution < 1.29 is 8.26 Å². The van der Waals surface area contributed by atoms with Crippen molar-refractivity contribution in [2.45, 2.75) is 0 Å². The van der Waals surface area contributed by atoms with Crippen molar-refractivity contribution in [2.24, 2.45) is 0 Å². The minimum absolute atomic E-state index is 0.104. The van der Waals surface area contributed by atoms with Gasteiger partial charge in [0, 0.05) is 0 Å². The Kier molecular flexibility index (Phi) is 21.1. The van der Waals surface area contributed by atoms with Crippen LogP contribution in [0.2, 0.25) is 0 Å². The Labute approximate surface area is 217 Å². The summed E-state index contributed by atoms with van der Waals surface area (Å²) < 4.78 is 0. The molecule has 0 saturated heterocycles. The molecule has 0 N–H and O–H groups in total. The van der Waals surface area contributed by atoms with Gasteiger partial charge in [0.2, 0.25) is 0 Å². The third kappa shape index (κ3) is 16.5. The average Bonchev–Trinajstić information content (AvgIpc) is 2.77. The molecule has 0 saturated carbocycles. The summed E-state index contributed by atoms with van der Waals surface area (Å²) in [6.45, 7) is 13.6. The van der Waals surface area contributed by atoms with E-state index in [1.54, 1.807) is 0 Å². The molecule has 167 valence electrons. The molecule has 0 amide bonds. The van der Waals surface area contributed by atoms with Gasteiger partial charge in [0.15, 0.2) is 0 Å². The normalized spacial score (nSPS) is 9.83. The molecule has 0 aliphatic carbocycles. The average molecular weight is 727 g/mol. The Morgan fingerprint density at radius 3 is 0.700 bits per heavy atom. The van der Waals surface area contributed by atoms with E-state index in [1.807, 2.05) is 0 Å². The van der Waals surface area contributed by atoms with Gasteiger partial charge < -0.3 is 0 Å². The van der Waals surface area contributed by atoms with Crippen LogP contribution in [0.3, 0.4) is 0 Å². The first-order chi connectivity index (χ1) is 14.3. The third-order valence-electron chi connectivity index (χ3n) is 3.82. The molecule has 0 nitrogen and oxygen atoms in total. The number of hydrogen-bond acceptors (Lipinski definition) is 0. The molecule has 0 aromatic heterocycles. The van der Waals surface area contributed by atoms with Crippen LogP contribution in [0.25, 0.3) is 0 Å². The van der Waals surface area contributed by atoms with E-state index in [-0.39, 0.29) is 23.8 Å². The molecule has 30 heavy (non-hydrogen) atoms. The molecule has 6 heteroatoms. The van der Waals surface area contributed by atoms with Gasteiger partial charge >= 0.3 is 49.1 Å². The second-order valence-electron chi connectivity index (χ2n) is 6.74. The number of hydrogen-bond donors (Lipinski definition) is 0. The molecule has 0 aliphatic heterocycles. The van der Waals surface area contributed by atoms with Crippen LogP contribution in [-0.2, 0) is 8.26 Å². The summed E-state index contributed by atoms with van der Waals surface area (Å²) in [5.74, 6) is 0. The molecule has 0 unspecified atom stereocenters. The van der Waals surface area contributed by atoms with Gasteiger partial charge in [0.05, 0.1) is 0 Å². The van der Waals surface area contributed by atoms with Gasteiger partial charge in [0.25, 0.3) is 0 Å². The predicted octanol–water partition coefficient (Wildman–Crippen LogP) is 7.93. The fourth-order valence-electron chi connectivity index (χ4n) is 2.18. The summed E-state index contributed by atoms with van der Waals surface area (Å²) in [5.41, 5.74) is 0. The standard InChI is InChI=1S/3C8H11P.Co.2HI/c3*1-9(2)8-6-4-3-5-7-8;;;/h3*3-7H,1-2H3;;2*1H/q;;;+2;;/p-2. The zero-order chi connectivity index (χ0) is 22.8. The van der Waals surface area contributed by atoms with Crippen LogP contribution >= 0.6 is 64.6 Å². The Balaban J connectivity index is 0.000000394. The molecule has 3 aromatic carbocycles. The first kappa shape index (κ1) is 30.9. The van der Waals surface area contributed by atoms with E-state index in [0.717, 1.165) is 0 Å². The van der Waals surface area contributed by atoms with E-state index in [1.165, 1.54) is 24.2 Å². The van der Waals surface area contributed by atoms with Crippen LogP contribution in [0.1, 0.15) is 0 Å². The molecule has 3 aromatic rings. The third-order valence-corrected chi connectivity index (χ3v) is 7.81. The first-order valence-electron chi connectivity index (χ1n) is 9.34. The van der Waals surface area contributed by atoms with Crippen molar-refractivity contribution in [3.05, 3.63) is 91.0 Å². The van der Waals surface area contributed by atoms with E-state index < -0.39 is 0 Å². The SMILES string of the molecule is CP(C)c1ccccc1.CP(C)c1ccccc1.CP(C)c1ccccc1.[I][Co][I]. The zero-order valence-electron chi connectivity index (χ0n) is 18.6. The summed E-state index contributed by atoms with van der Waals surface area (Å²) >= 11 is 4.49. The van der Waals surface area contributed by atoms with Crippen LogP contribution in [0.5, 0.6) is 0 Å². The molecule has 0 atom stereocenters. The predicted molar refractivity (Wildman–Crippen MR) is 163 cm³/mol. The monoisotopic (exact) mass is 727 g/mol. The fourth-order valence-corrected chi connectivity index (χ4v) is 4.48. The van der Waals surface area contributed by atoms with Crippen molar-refractivity contribution in [3.63, 3.8) is 0 Å². The van der Waals surface area contributed by atoms with Gasteiger partial charge in [-0.2, -0.15) is 0 Å². The van der Waals surface area contributed by atoms with Crippen LogP contribution < -0.4 is 15.9 Å². The van der Waals surface area contributed by atoms with Gasteiger partial charge in [-0.15, -0.1) is 0 Å². The Bertz CT molecular complexity index is 637. The molecule has 0 spiro atoms. The van der Waals surface area contributed by atoms with Crippen LogP contribution in [0.4, 0.5) is 0 Å². The van der Waals surface area contributed by atoms with E-state index in [4.69, 9.17) is 0 Å². The van der Waals surface area contributed by atoms with Gasteiger partial charge in [-0.3, -0.25) is 0 Å². The molecular weight excluding hydrogens is 694 g/mol. The second kappa shape index (κ2) is 20.5. The van der Waals surface area contributed by atoms with E-state index in [0.29, 0.717) is 0 Å². The van der Waals surface area contributed by atoms with E-state index in [2.05, 4.69) is 172 Å². The van der Waals surface area contributed by atoms with Gasteiger partial charge in [-0.1, -0.05) is 115 Å². The van der Waals surface area contributed by atoms with Crippen LogP contribution in [0.15, 0.2) is 91.0 Å².